The molecule has 0 aromatic rings. The first-order valence-electron chi connectivity index (χ1n) is 3.45. The third-order valence-electron chi connectivity index (χ3n) is 1.74. The topological polar surface area (TPSA) is 0 Å². The summed E-state index contributed by atoms with van der Waals surface area (Å²) in [6.07, 6.45) is 7.29. The highest BCUT2D eigenvalue weighted by Gasteiger charge is 2.12. The van der Waals surface area contributed by atoms with Crippen LogP contribution in [0.15, 0.2) is 0 Å². The summed E-state index contributed by atoms with van der Waals surface area (Å²) >= 11 is 0. The third kappa shape index (κ3) is 3.15. The van der Waals surface area contributed by atoms with Crippen LogP contribution < -0.4 is 0 Å². The highest BCUT2D eigenvalue weighted by atomic mass is 33.3. The van der Waals surface area contributed by atoms with E-state index in [2.05, 4.69) is 8.44 Å². The first-order valence-corrected chi connectivity index (χ1v) is 7.14. The third-order valence-corrected chi connectivity index (χ3v) is 4.75. The van der Waals surface area contributed by atoms with Gasteiger partial charge in [-0.3, -0.25) is 0 Å². The van der Waals surface area contributed by atoms with E-state index >= 15 is 0 Å². The molecule has 0 bridgehead atoms. The van der Waals surface area contributed by atoms with E-state index in [0.29, 0.717) is 0 Å². The van der Waals surface area contributed by atoms with Crippen LogP contribution in [0.5, 0.6) is 0 Å². The van der Waals surface area contributed by atoms with Gasteiger partial charge in [0.05, 0.1) is 0 Å². The zero-order chi connectivity index (χ0) is 6.53. The lowest BCUT2D eigenvalue weighted by Crippen LogP contribution is -2.05. The summed E-state index contributed by atoms with van der Waals surface area (Å²) in [5.41, 5.74) is 0. The minimum absolute atomic E-state index is 0.959. The molecular formula is C6H13PS2. The maximum Gasteiger partial charge on any atom is 0.0154 e. The van der Waals surface area contributed by atoms with E-state index in [0.717, 1.165) is 5.25 Å². The molecule has 0 heterocycles. The molecule has 1 aliphatic rings. The summed E-state index contributed by atoms with van der Waals surface area (Å²) < 4.78 is 0. The van der Waals surface area contributed by atoms with E-state index in [4.69, 9.17) is 0 Å². The molecule has 1 saturated carbocycles. The van der Waals surface area contributed by atoms with E-state index in [9.17, 15) is 0 Å². The fourth-order valence-corrected chi connectivity index (χ4v) is 4.39. The summed E-state index contributed by atoms with van der Waals surface area (Å²) in [6.45, 7) is 0. The van der Waals surface area contributed by atoms with Gasteiger partial charge in [0, 0.05) is 5.25 Å². The number of hydrogen-bond donors (Lipinski definition) is 0. The predicted molar refractivity (Wildman–Crippen MR) is 51.8 cm³/mol. The average molecular weight is 180 g/mol. The standard InChI is InChI=1S/C6H13PS2/c7-9-8-6-4-2-1-3-5-6/h6H,1-5,7H2. The van der Waals surface area contributed by atoms with E-state index in [1.807, 2.05) is 21.2 Å². The van der Waals surface area contributed by atoms with Gasteiger partial charge in [0.15, 0.2) is 0 Å². The van der Waals surface area contributed by atoms with Crippen molar-refractivity contribution in [3.8, 4) is 0 Å². The Hall–Kier alpha value is 1.13. The summed E-state index contributed by atoms with van der Waals surface area (Å²) in [4.78, 5) is 0. The molecule has 1 atom stereocenters. The van der Waals surface area contributed by atoms with Crippen molar-refractivity contribution in [2.45, 2.75) is 37.4 Å². The summed E-state index contributed by atoms with van der Waals surface area (Å²) in [6, 6.07) is 0. The van der Waals surface area contributed by atoms with Crippen LogP contribution in [0.3, 0.4) is 0 Å². The molecule has 0 amide bonds. The van der Waals surface area contributed by atoms with Gasteiger partial charge in [-0.2, -0.15) is 0 Å². The van der Waals surface area contributed by atoms with Crippen molar-refractivity contribution >= 4 is 29.6 Å². The molecule has 1 rings (SSSR count). The summed E-state index contributed by atoms with van der Waals surface area (Å²) in [5, 5.41) is 0.959. The molecule has 3 heteroatoms. The van der Waals surface area contributed by atoms with Gasteiger partial charge in [-0.05, 0) is 12.8 Å². The lowest BCUT2D eigenvalue weighted by molar-refractivity contribution is 0.517. The Morgan fingerprint density at radius 3 is 2.33 bits per heavy atom. The maximum absolute atomic E-state index is 2.71. The van der Waals surface area contributed by atoms with Crippen LogP contribution in [-0.4, -0.2) is 5.25 Å². The van der Waals surface area contributed by atoms with Crippen molar-refractivity contribution in [3.63, 3.8) is 0 Å². The van der Waals surface area contributed by atoms with Crippen LogP contribution in [0.2, 0.25) is 0 Å². The lowest BCUT2D eigenvalue weighted by atomic mass is 10.0. The highest BCUT2D eigenvalue weighted by molar-refractivity contribution is 8.94. The second-order valence-electron chi connectivity index (χ2n) is 2.45. The van der Waals surface area contributed by atoms with Crippen LogP contribution in [0.4, 0.5) is 0 Å². The van der Waals surface area contributed by atoms with Gasteiger partial charge < -0.3 is 0 Å². The molecule has 0 nitrogen and oxygen atoms in total. The van der Waals surface area contributed by atoms with Crippen LogP contribution in [-0.2, 0) is 0 Å². The molecule has 0 N–H and O–H groups in total. The second-order valence-corrected chi connectivity index (χ2v) is 6.39. The molecule has 1 unspecified atom stereocenters. The van der Waals surface area contributed by atoms with Gasteiger partial charge in [0.2, 0.25) is 0 Å². The van der Waals surface area contributed by atoms with Gasteiger partial charge in [-0.15, -0.1) is 0 Å². The SMILES string of the molecule is PSSC1CCCCC1. The smallest absolute Gasteiger partial charge is 0.0154 e. The molecule has 0 aliphatic heterocycles. The van der Waals surface area contributed by atoms with Crippen molar-refractivity contribution < 1.29 is 0 Å². The Morgan fingerprint density at radius 2 is 1.78 bits per heavy atom. The number of hydrogen-bond acceptors (Lipinski definition) is 2. The van der Waals surface area contributed by atoms with E-state index in [1.165, 1.54) is 32.1 Å². The fourth-order valence-electron chi connectivity index (χ4n) is 1.24. The Labute approximate surface area is 67.3 Å². The molecule has 0 aromatic heterocycles. The molecule has 1 aliphatic carbocycles. The monoisotopic (exact) mass is 180 g/mol. The fraction of sp³-hybridized carbons (Fsp3) is 1.00. The van der Waals surface area contributed by atoms with Gasteiger partial charge in [0.25, 0.3) is 0 Å². The van der Waals surface area contributed by atoms with Crippen molar-refractivity contribution in [2.24, 2.45) is 0 Å². The first-order chi connectivity index (χ1) is 4.43. The van der Waals surface area contributed by atoms with E-state index in [-0.39, 0.29) is 0 Å². The highest BCUT2D eigenvalue weighted by Crippen LogP contribution is 2.39. The molecule has 0 radical (unpaired) electrons. The molecule has 0 spiro atoms. The quantitative estimate of drug-likeness (QED) is 0.471. The zero-order valence-corrected chi connectivity index (χ0v) is 8.29. The molecule has 9 heavy (non-hydrogen) atoms. The van der Waals surface area contributed by atoms with Gasteiger partial charge in [-0.25, -0.2) is 0 Å². The van der Waals surface area contributed by atoms with Crippen LogP contribution in [0.25, 0.3) is 0 Å². The van der Waals surface area contributed by atoms with Crippen LogP contribution >= 0.6 is 29.6 Å². The Morgan fingerprint density at radius 1 is 1.11 bits per heavy atom. The van der Waals surface area contributed by atoms with Gasteiger partial charge in [-0.1, -0.05) is 48.9 Å². The van der Waals surface area contributed by atoms with Crippen LogP contribution in [0, 0.1) is 0 Å². The average Bonchev–Trinajstić information content (AvgIpc) is 1.91. The maximum atomic E-state index is 2.71. The van der Waals surface area contributed by atoms with E-state index < -0.39 is 0 Å². The molecule has 0 aromatic carbocycles. The zero-order valence-electron chi connectivity index (χ0n) is 5.51. The molecule has 54 valence electrons. The Balaban J connectivity index is 2.08. The molecule has 0 saturated heterocycles. The van der Waals surface area contributed by atoms with Crippen LogP contribution in [0.1, 0.15) is 32.1 Å². The minimum atomic E-state index is 0.959. The predicted octanol–water partition coefficient (Wildman–Crippen LogP) is 3.49. The van der Waals surface area contributed by atoms with Crippen molar-refractivity contribution in [3.05, 3.63) is 0 Å². The molecule has 1 fully saturated rings. The van der Waals surface area contributed by atoms with Gasteiger partial charge >= 0.3 is 0 Å². The summed E-state index contributed by atoms with van der Waals surface area (Å²) in [5.74, 6) is 0. The number of rotatable bonds is 2. The molecular weight excluding hydrogens is 167 g/mol. The van der Waals surface area contributed by atoms with Gasteiger partial charge in [0.1, 0.15) is 0 Å². The largest absolute Gasteiger partial charge is 0.0867 e. The Kier molecular flexibility index (Phi) is 4.45. The van der Waals surface area contributed by atoms with Crippen molar-refractivity contribution in [1.82, 2.24) is 0 Å². The Bertz CT molecular complexity index is 68.7. The second kappa shape index (κ2) is 4.87. The first kappa shape index (κ1) is 8.23. The van der Waals surface area contributed by atoms with Crippen molar-refractivity contribution in [2.75, 3.05) is 0 Å². The summed E-state index contributed by atoms with van der Waals surface area (Å²) in [7, 11) is 6.58. The normalized spacial score (nSPS) is 22.3. The lowest BCUT2D eigenvalue weighted by Gasteiger charge is -2.18. The minimum Gasteiger partial charge on any atom is -0.0867 e. The van der Waals surface area contributed by atoms with E-state index in [1.54, 1.807) is 0 Å². The van der Waals surface area contributed by atoms with Crippen molar-refractivity contribution in [1.29, 1.82) is 0 Å².